The van der Waals surface area contributed by atoms with E-state index >= 15 is 0 Å². The topological polar surface area (TPSA) is 58.6 Å². The largest absolute Gasteiger partial charge is 0.496 e. The van der Waals surface area contributed by atoms with Gasteiger partial charge in [-0.2, -0.15) is 0 Å². The summed E-state index contributed by atoms with van der Waals surface area (Å²) in [6.45, 7) is 0. The van der Waals surface area contributed by atoms with Crippen LogP contribution >= 0.6 is 0 Å². The van der Waals surface area contributed by atoms with Crippen molar-refractivity contribution in [1.29, 1.82) is 0 Å². The highest BCUT2D eigenvalue weighted by atomic mass is 16.5. The third-order valence-corrected chi connectivity index (χ3v) is 3.51. The van der Waals surface area contributed by atoms with Gasteiger partial charge in [0.1, 0.15) is 5.75 Å². The first-order valence-electron chi connectivity index (χ1n) is 6.61. The Labute approximate surface area is 122 Å². The number of hydrogen-bond donors (Lipinski definition) is 2. The summed E-state index contributed by atoms with van der Waals surface area (Å²) in [5.74, 6) is 0.266. The van der Waals surface area contributed by atoms with Crippen LogP contribution in [-0.2, 0) is 10.5 Å². The number of hydrogen-bond acceptors (Lipinski definition) is 3. The van der Waals surface area contributed by atoms with Crippen LogP contribution in [0.25, 0.3) is 5.57 Å². The predicted molar refractivity (Wildman–Crippen MR) is 79.5 cm³/mol. The van der Waals surface area contributed by atoms with E-state index in [0.717, 1.165) is 0 Å². The van der Waals surface area contributed by atoms with Gasteiger partial charge in [0.15, 0.2) is 5.72 Å². The predicted octanol–water partition coefficient (Wildman–Crippen LogP) is 2.05. The highest BCUT2D eigenvalue weighted by Crippen LogP contribution is 2.34. The normalized spacial score (nSPS) is 20.9. The molecule has 0 saturated carbocycles. The first-order chi connectivity index (χ1) is 10.1. The van der Waals surface area contributed by atoms with E-state index in [1.54, 1.807) is 31.4 Å². The zero-order valence-electron chi connectivity index (χ0n) is 11.5. The van der Waals surface area contributed by atoms with Crippen molar-refractivity contribution in [3.05, 3.63) is 71.8 Å². The Kier molecular flexibility index (Phi) is 3.23. The van der Waals surface area contributed by atoms with Crippen LogP contribution in [0.2, 0.25) is 0 Å². The van der Waals surface area contributed by atoms with Gasteiger partial charge in [0.25, 0.3) is 5.91 Å². The lowest BCUT2D eigenvalue weighted by Crippen LogP contribution is -2.39. The summed E-state index contributed by atoms with van der Waals surface area (Å²) in [5, 5.41) is 13.3. The third-order valence-electron chi connectivity index (χ3n) is 3.51. The first kappa shape index (κ1) is 13.4. The Morgan fingerprint density at radius 1 is 1.05 bits per heavy atom. The second-order valence-electron chi connectivity index (χ2n) is 4.84. The van der Waals surface area contributed by atoms with Gasteiger partial charge in [0.05, 0.1) is 12.7 Å². The fourth-order valence-corrected chi connectivity index (χ4v) is 2.47. The van der Waals surface area contributed by atoms with E-state index in [4.69, 9.17) is 4.74 Å². The number of nitrogens with one attached hydrogen (secondary N) is 1. The number of para-hydroxylation sites is 1. The molecule has 1 aliphatic heterocycles. The van der Waals surface area contributed by atoms with Gasteiger partial charge in [-0.25, -0.2) is 0 Å². The molecule has 1 heterocycles. The van der Waals surface area contributed by atoms with E-state index in [1.165, 1.54) is 6.08 Å². The van der Waals surface area contributed by atoms with Crippen LogP contribution in [0.1, 0.15) is 11.1 Å². The quantitative estimate of drug-likeness (QED) is 0.905. The molecule has 0 bridgehead atoms. The van der Waals surface area contributed by atoms with Crippen molar-refractivity contribution in [3.63, 3.8) is 0 Å². The van der Waals surface area contributed by atoms with Crippen LogP contribution in [0.4, 0.5) is 0 Å². The number of benzene rings is 2. The molecule has 4 nitrogen and oxygen atoms in total. The molecule has 0 unspecified atom stereocenters. The van der Waals surface area contributed by atoms with Gasteiger partial charge >= 0.3 is 0 Å². The van der Waals surface area contributed by atoms with Gasteiger partial charge in [-0.15, -0.1) is 0 Å². The minimum Gasteiger partial charge on any atom is -0.496 e. The van der Waals surface area contributed by atoms with E-state index < -0.39 is 5.72 Å². The zero-order valence-corrected chi connectivity index (χ0v) is 11.5. The Morgan fingerprint density at radius 2 is 1.71 bits per heavy atom. The maximum Gasteiger partial charge on any atom is 0.254 e. The molecule has 106 valence electrons. The molecule has 0 aliphatic carbocycles. The summed E-state index contributed by atoms with van der Waals surface area (Å²) in [7, 11) is 1.55. The molecule has 1 aliphatic rings. The summed E-state index contributed by atoms with van der Waals surface area (Å²) in [4.78, 5) is 12.2. The molecule has 0 fully saturated rings. The third kappa shape index (κ3) is 2.30. The molecule has 1 amide bonds. The van der Waals surface area contributed by atoms with Crippen LogP contribution < -0.4 is 10.1 Å². The summed E-state index contributed by atoms with van der Waals surface area (Å²) in [5.41, 5.74) is 0.181. The van der Waals surface area contributed by atoms with Crippen LogP contribution in [-0.4, -0.2) is 18.1 Å². The molecular formula is C17H15NO3. The summed E-state index contributed by atoms with van der Waals surface area (Å²) in [6, 6.07) is 16.2. The van der Waals surface area contributed by atoms with Crippen molar-refractivity contribution in [1.82, 2.24) is 5.32 Å². The van der Waals surface area contributed by atoms with Crippen LogP contribution in [0.5, 0.6) is 5.75 Å². The summed E-state index contributed by atoms with van der Waals surface area (Å²) in [6.07, 6.45) is 1.53. The highest BCUT2D eigenvalue weighted by molar-refractivity contribution is 6.22. The average Bonchev–Trinajstić information content (AvgIpc) is 2.84. The second-order valence-corrected chi connectivity index (χ2v) is 4.84. The van der Waals surface area contributed by atoms with Crippen LogP contribution in [0.15, 0.2) is 60.7 Å². The standard InChI is InChI=1S/C17H15NO3/c1-21-15-10-6-5-9-13(15)14-11-17(20,18-16(14)19)12-7-3-2-4-8-12/h2-11,20H,1H3,(H,18,19)/t17-/m1/s1. The average molecular weight is 281 g/mol. The number of ether oxygens (including phenoxy) is 1. The van der Waals surface area contributed by atoms with Crippen molar-refractivity contribution in [2.45, 2.75) is 5.72 Å². The van der Waals surface area contributed by atoms with Crippen molar-refractivity contribution in [2.75, 3.05) is 7.11 Å². The molecule has 0 aromatic heterocycles. The zero-order chi connectivity index (χ0) is 14.9. The van der Waals surface area contributed by atoms with Gasteiger partial charge in [0, 0.05) is 11.1 Å². The number of aliphatic hydroxyl groups is 1. The number of methoxy groups -OCH3 is 1. The second kappa shape index (κ2) is 5.07. The van der Waals surface area contributed by atoms with Crippen molar-refractivity contribution >= 4 is 11.5 Å². The lowest BCUT2D eigenvalue weighted by Gasteiger charge is -2.21. The lowest BCUT2D eigenvalue weighted by molar-refractivity contribution is -0.119. The smallest absolute Gasteiger partial charge is 0.254 e. The molecule has 21 heavy (non-hydrogen) atoms. The molecule has 0 radical (unpaired) electrons. The summed E-state index contributed by atoms with van der Waals surface area (Å²) >= 11 is 0. The lowest BCUT2D eigenvalue weighted by atomic mass is 10.0. The van der Waals surface area contributed by atoms with E-state index in [9.17, 15) is 9.90 Å². The Hall–Kier alpha value is -2.59. The fraction of sp³-hybridized carbons (Fsp3) is 0.118. The van der Waals surface area contributed by atoms with Gasteiger partial charge < -0.3 is 15.2 Å². The Bertz CT molecular complexity index is 709. The number of carbonyl (C=O) groups excluding carboxylic acids is 1. The molecule has 0 spiro atoms. The molecule has 1 atom stereocenters. The molecule has 0 saturated heterocycles. The van der Waals surface area contributed by atoms with Gasteiger partial charge in [0.2, 0.25) is 0 Å². The highest BCUT2D eigenvalue weighted by Gasteiger charge is 2.38. The number of carbonyl (C=O) groups is 1. The van der Waals surface area contributed by atoms with Crippen molar-refractivity contribution in [3.8, 4) is 5.75 Å². The molecule has 2 aromatic carbocycles. The van der Waals surface area contributed by atoms with Crippen LogP contribution in [0, 0.1) is 0 Å². The minimum absolute atomic E-state index is 0.328. The van der Waals surface area contributed by atoms with Gasteiger partial charge in [-0.3, -0.25) is 4.79 Å². The molecule has 2 N–H and O–H groups in total. The summed E-state index contributed by atoms with van der Waals surface area (Å²) < 4.78 is 5.28. The van der Waals surface area contributed by atoms with E-state index in [0.29, 0.717) is 22.4 Å². The monoisotopic (exact) mass is 281 g/mol. The van der Waals surface area contributed by atoms with Gasteiger partial charge in [-0.05, 0) is 12.1 Å². The maximum absolute atomic E-state index is 12.2. The first-order valence-corrected chi connectivity index (χ1v) is 6.61. The number of rotatable bonds is 3. The molecule has 2 aromatic rings. The maximum atomic E-state index is 12.2. The van der Waals surface area contributed by atoms with E-state index in [2.05, 4.69) is 5.32 Å². The minimum atomic E-state index is -1.49. The molecule has 4 heteroatoms. The molecular weight excluding hydrogens is 266 g/mol. The molecule has 3 rings (SSSR count). The number of amides is 1. The van der Waals surface area contributed by atoms with Crippen molar-refractivity contribution < 1.29 is 14.6 Å². The Balaban J connectivity index is 2.08. The van der Waals surface area contributed by atoms with E-state index in [-0.39, 0.29) is 5.91 Å². The van der Waals surface area contributed by atoms with Crippen LogP contribution in [0.3, 0.4) is 0 Å². The van der Waals surface area contributed by atoms with Gasteiger partial charge in [-0.1, -0.05) is 48.5 Å². The Morgan fingerprint density at radius 3 is 2.43 bits per heavy atom. The van der Waals surface area contributed by atoms with E-state index in [1.807, 2.05) is 30.3 Å². The SMILES string of the molecule is COc1ccccc1C1=C[C@@](O)(c2ccccc2)NC1=O. The fourth-order valence-electron chi connectivity index (χ4n) is 2.47. The van der Waals surface area contributed by atoms with Crippen molar-refractivity contribution in [2.24, 2.45) is 0 Å².